The van der Waals surface area contributed by atoms with Crippen LogP contribution in [0.1, 0.15) is 43.2 Å². The lowest BCUT2D eigenvalue weighted by Crippen LogP contribution is -2.58. The number of nitrogens with one attached hydrogen (secondary N) is 2. The van der Waals surface area contributed by atoms with E-state index in [4.69, 9.17) is 22.1 Å². The molecule has 3 atom stereocenters. The molecular formula is C27H34ClN3O5. The van der Waals surface area contributed by atoms with Crippen molar-refractivity contribution in [2.24, 2.45) is 11.7 Å². The molecule has 3 unspecified atom stereocenters. The summed E-state index contributed by atoms with van der Waals surface area (Å²) in [5.41, 5.74) is 7.70. The summed E-state index contributed by atoms with van der Waals surface area (Å²) in [6, 6.07) is 10.9. The quantitative estimate of drug-likeness (QED) is 0.360. The molecule has 2 aromatic carbocycles. The Kier molecular flexibility index (Phi) is 10.1. The first-order chi connectivity index (χ1) is 17.3. The van der Waals surface area contributed by atoms with Crippen molar-refractivity contribution in [2.75, 3.05) is 7.11 Å². The fourth-order valence-corrected chi connectivity index (χ4v) is 4.73. The molecule has 1 saturated carbocycles. The van der Waals surface area contributed by atoms with E-state index in [0.29, 0.717) is 17.0 Å². The van der Waals surface area contributed by atoms with Crippen LogP contribution in [0.25, 0.3) is 0 Å². The Bertz CT molecular complexity index is 1040. The first-order valence-electron chi connectivity index (χ1n) is 12.2. The third kappa shape index (κ3) is 7.96. The summed E-state index contributed by atoms with van der Waals surface area (Å²) >= 11 is 5.93. The average molecular weight is 516 g/mol. The molecule has 8 nitrogen and oxygen atoms in total. The van der Waals surface area contributed by atoms with E-state index in [2.05, 4.69) is 10.6 Å². The molecule has 0 aliphatic heterocycles. The molecule has 36 heavy (non-hydrogen) atoms. The van der Waals surface area contributed by atoms with Crippen LogP contribution in [0.4, 0.5) is 0 Å². The minimum Gasteiger partial charge on any atom is -0.508 e. The normalized spacial score (nSPS) is 16.4. The van der Waals surface area contributed by atoms with Crippen LogP contribution in [0.2, 0.25) is 5.02 Å². The van der Waals surface area contributed by atoms with Gasteiger partial charge in [-0.3, -0.25) is 9.59 Å². The van der Waals surface area contributed by atoms with Gasteiger partial charge in [-0.05, 0) is 60.6 Å². The first kappa shape index (κ1) is 27.5. The molecule has 2 aromatic rings. The summed E-state index contributed by atoms with van der Waals surface area (Å²) in [4.78, 5) is 38.9. The van der Waals surface area contributed by atoms with Crippen LogP contribution in [0.3, 0.4) is 0 Å². The van der Waals surface area contributed by atoms with E-state index < -0.39 is 35.9 Å². The van der Waals surface area contributed by atoms with Gasteiger partial charge in [0.25, 0.3) is 0 Å². The summed E-state index contributed by atoms with van der Waals surface area (Å²) in [6.45, 7) is 0. The van der Waals surface area contributed by atoms with Gasteiger partial charge < -0.3 is 26.2 Å². The molecule has 0 spiro atoms. The fourth-order valence-electron chi connectivity index (χ4n) is 4.61. The lowest BCUT2D eigenvalue weighted by Gasteiger charge is -2.31. The molecule has 2 amide bonds. The number of halogens is 1. The zero-order chi connectivity index (χ0) is 26.1. The zero-order valence-corrected chi connectivity index (χ0v) is 21.2. The zero-order valence-electron chi connectivity index (χ0n) is 20.4. The number of aromatic hydroxyl groups is 1. The van der Waals surface area contributed by atoms with Crippen molar-refractivity contribution in [3.05, 3.63) is 64.7 Å². The fraction of sp³-hybridized carbons (Fsp3) is 0.444. The van der Waals surface area contributed by atoms with Gasteiger partial charge in [-0.2, -0.15) is 0 Å². The number of hydrogen-bond acceptors (Lipinski definition) is 6. The highest BCUT2D eigenvalue weighted by molar-refractivity contribution is 6.30. The maximum absolute atomic E-state index is 13.4. The number of carbonyl (C=O) groups is 3. The van der Waals surface area contributed by atoms with Crippen molar-refractivity contribution in [1.29, 1.82) is 0 Å². The highest BCUT2D eigenvalue weighted by atomic mass is 35.5. The smallest absolute Gasteiger partial charge is 0.328 e. The van der Waals surface area contributed by atoms with Crippen LogP contribution in [0.5, 0.6) is 5.75 Å². The summed E-state index contributed by atoms with van der Waals surface area (Å²) in [6.07, 6.45) is 5.02. The second kappa shape index (κ2) is 13.3. The van der Waals surface area contributed by atoms with Crippen molar-refractivity contribution in [3.63, 3.8) is 0 Å². The van der Waals surface area contributed by atoms with Crippen LogP contribution in [-0.4, -0.2) is 48.1 Å². The highest BCUT2D eigenvalue weighted by Gasteiger charge is 2.34. The molecule has 0 saturated heterocycles. The molecule has 0 aromatic heterocycles. The number of phenolic OH excluding ortho intramolecular Hbond substituents is 1. The number of amides is 2. The van der Waals surface area contributed by atoms with Gasteiger partial charge in [-0.25, -0.2) is 4.79 Å². The molecular weight excluding hydrogens is 482 g/mol. The molecule has 1 aliphatic rings. The van der Waals surface area contributed by atoms with Gasteiger partial charge in [0.05, 0.1) is 13.2 Å². The molecule has 1 aliphatic carbocycles. The average Bonchev–Trinajstić information content (AvgIpc) is 2.88. The molecule has 3 rings (SSSR count). The van der Waals surface area contributed by atoms with E-state index in [1.54, 1.807) is 24.3 Å². The summed E-state index contributed by atoms with van der Waals surface area (Å²) in [5.74, 6) is -1.50. The number of carbonyl (C=O) groups excluding carboxylic acids is 3. The van der Waals surface area contributed by atoms with Crippen LogP contribution < -0.4 is 16.4 Å². The predicted octanol–water partition coefficient (Wildman–Crippen LogP) is 2.88. The van der Waals surface area contributed by atoms with E-state index in [9.17, 15) is 19.5 Å². The summed E-state index contributed by atoms with van der Waals surface area (Å²) < 4.78 is 4.90. The second-order valence-corrected chi connectivity index (χ2v) is 9.72. The molecule has 0 bridgehead atoms. The SMILES string of the molecule is COC(=O)C(Cc1cccc(O)c1)NC(=O)C(NC(=O)C(N)Cc1ccc(Cl)cc1)C1CCCCC1. The molecule has 0 heterocycles. The van der Waals surface area contributed by atoms with Crippen LogP contribution in [-0.2, 0) is 32.0 Å². The molecule has 9 heteroatoms. The third-order valence-electron chi connectivity index (χ3n) is 6.56. The number of nitrogens with two attached hydrogens (primary N) is 1. The first-order valence-corrected chi connectivity index (χ1v) is 12.6. The number of rotatable bonds is 10. The Morgan fingerprint density at radius 2 is 1.69 bits per heavy atom. The number of phenols is 1. The van der Waals surface area contributed by atoms with Gasteiger partial charge in [0, 0.05) is 11.4 Å². The van der Waals surface area contributed by atoms with Gasteiger partial charge in [-0.1, -0.05) is 55.1 Å². The minimum atomic E-state index is -0.977. The van der Waals surface area contributed by atoms with E-state index in [1.165, 1.54) is 19.2 Å². The Labute approximate surface area is 216 Å². The van der Waals surface area contributed by atoms with E-state index in [1.807, 2.05) is 12.1 Å². The van der Waals surface area contributed by atoms with Crippen molar-refractivity contribution in [2.45, 2.75) is 63.1 Å². The summed E-state index contributed by atoms with van der Waals surface area (Å²) in [5, 5.41) is 16.0. The predicted molar refractivity (Wildman–Crippen MR) is 137 cm³/mol. The third-order valence-corrected chi connectivity index (χ3v) is 6.81. The molecule has 194 valence electrons. The highest BCUT2D eigenvalue weighted by Crippen LogP contribution is 2.27. The van der Waals surface area contributed by atoms with Crippen molar-refractivity contribution in [1.82, 2.24) is 10.6 Å². The standard InChI is InChI=1S/C27H34ClN3O5/c1-36-27(35)23(16-18-6-5-9-21(32)14-18)30-26(34)24(19-7-3-2-4-8-19)31-25(33)22(29)15-17-10-12-20(28)13-11-17/h5-6,9-14,19,22-24,32H,2-4,7-8,15-16,29H2,1H3,(H,30,34)(H,31,33). The number of ether oxygens (including phenoxy) is 1. The van der Waals surface area contributed by atoms with Crippen LogP contribution in [0, 0.1) is 5.92 Å². The van der Waals surface area contributed by atoms with Gasteiger partial charge in [0.15, 0.2) is 0 Å². The van der Waals surface area contributed by atoms with E-state index >= 15 is 0 Å². The second-order valence-electron chi connectivity index (χ2n) is 9.28. The number of esters is 1. The van der Waals surface area contributed by atoms with Crippen molar-refractivity contribution < 1.29 is 24.2 Å². The topological polar surface area (TPSA) is 131 Å². The molecule has 1 fully saturated rings. The molecule has 0 radical (unpaired) electrons. The minimum absolute atomic E-state index is 0.0597. The number of methoxy groups -OCH3 is 1. The van der Waals surface area contributed by atoms with E-state index in [-0.39, 0.29) is 18.1 Å². The van der Waals surface area contributed by atoms with Gasteiger partial charge >= 0.3 is 5.97 Å². The van der Waals surface area contributed by atoms with Gasteiger partial charge in [0.1, 0.15) is 17.8 Å². The van der Waals surface area contributed by atoms with Crippen molar-refractivity contribution in [3.8, 4) is 5.75 Å². The Balaban J connectivity index is 1.73. The van der Waals surface area contributed by atoms with Crippen LogP contribution >= 0.6 is 11.6 Å². The Hall–Kier alpha value is -3.10. The lowest BCUT2D eigenvalue weighted by atomic mass is 9.83. The lowest BCUT2D eigenvalue weighted by molar-refractivity contribution is -0.145. The Morgan fingerprint density at radius 3 is 2.33 bits per heavy atom. The monoisotopic (exact) mass is 515 g/mol. The largest absolute Gasteiger partial charge is 0.508 e. The maximum Gasteiger partial charge on any atom is 0.328 e. The van der Waals surface area contributed by atoms with E-state index in [0.717, 1.165) is 37.7 Å². The van der Waals surface area contributed by atoms with Gasteiger partial charge in [0.2, 0.25) is 11.8 Å². The number of hydrogen-bond donors (Lipinski definition) is 4. The molecule has 5 N–H and O–H groups in total. The van der Waals surface area contributed by atoms with Crippen molar-refractivity contribution >= 4 is 29.4 Å². The maximum atomic E-state index is 13.4. The number of benzene rings is 2. The summed E-state index contributed by atoms with van der Waals surface area (Å²) in [7, 11) is 1.25. The Morgan fingerprint density at radius 1 is 1.00 bits per heavy atom. The van der Waals surface area contributed by atoms with Crippen LogP contribution in [0.15, 0.2) is 48.5 Å². The van der Waals surface area contributed by atoms with Gasteiger partial charge in [-0.15, -0.1) is 0 Å².